The van der Waals surface area contributed by atoms with Crippen LogP contribution in [-0.2, 0) is 0 Å². The van der Waals surface area contributed by atoms with Crippen molar-refractivity contribution >= 4 is 17.5 Å². The Bertz CT molecular complexity index is 558. The number of hydrogen-bond acceptors (Lipinski definition) is 6. The molecule has 2 heterocycles. The van der Waals surface area contributed by atoms with Gasteiger partial charge in [-0.1, -0.05) is 6.92 Å². The first kappa shape index (κ1) is 16.0. The second-order valence-electron chi connectivity index (χ2n) is 6.33. The lowest BCUT2D eigenvalue weighted by molar-refractivity contribution is 0.0996. The quantitative estimate of drug-likeness (QED) is 0.727. The van der Waals surface area contributed by atoms with Gasteiger partial charge >= 0.3 is 0 Å². The molecule has 2 atom stereocenters. The number of amides is 1. The van der Waals surface area contributed by atoms with Crippen molar-refractivity contribution in [3.8, 4) is 0 Å². The topological polar surface area (TPSA) is 96.2 Å². The molecule has 23 heavy (non-hydrogen) atoms. The highest BCUT2D eigenvalue weighted by molar-refractivity contribution is 5.95. The molecule has 0 spiro atoms. The molecular weight excluding hydrogens is 292 g/mol. The number of rotatable bonds is 6. The van der Waals surface area contributed by atoms with Crippen molar-refractivity contribution < 1.29 is 4.79 Å². The molecule has 0 radical (unpaired) electrons. The van der Waals surface area contributed by atoms with Gasteiger partial charge in [-0.25, -0.2) is 9.97 Å². The smallest absolute Gasteiger partial charge is 0.271 e. The van der Waals surface area contributed by atoms with Crippen LogP contribution in [0.2, 0.25) is 0 Å². The van der Waals surface area contributed by atoms with Gasteiger partial charge in [0.1, 0.15) is 5.82 Å². The molecule has 1 aromatic heterocycles. The summed E-state index contributed by atoms with van der Waals surface area (Å²) >= 11 is 0. The molecule has 7 heteroatoms. The zero-order valence-electron chi connectivity index (χ0n) is 13.7. The Morgan fingerprint density at radius 3 is 2.65 bits per heavy atom. The lowest BCUT2D eigenvalue weighted by atomic mass is 9.86. The first-order valence-electron chi connectivity index (χ1n) is 8.60. The number of nitrogens with one attached hydrogen (secondary N) is 2. The van der Waals surface area contributed by atoms with Crippen LogP contribution >= 0.6 is 0 Å². The predicted octanol–water partition coefficient (Wildman–Crippen LogP) is 1.12. The molecule has 126 valence electrons. The Morgan fingerprint density at radius 1 is 1.30 bits per heavy atom. The summed E-state index contributed by atoms with van der Waals surface area (Å²) in [6.45, 7) is 5.02. The molecule has 0 bridgehead atoms. The molecule has 1 amide bonds. The molecule has 2 aliphatic rings. The van der Waals surface area contributed by atoms with E-state index in [9.17, 15) is 4.79 Å². The molecular formula is C16H26N6O. The van der Waals surface area contributed by atoms with E-state index < -0.39 is 5.91 Å². The standard InChI is InChI=1S/C16H26N6O/c1-2-18-11-6-7-12(11)20-16-14(15(17)23)19-10-13(21-16)22-8-4-3-5-9-22/h10-12,18H,2-9H2,1H3,(H2,17,23)(H,20,21)/t11-,12?/m1/s1. The van der Waals surface area contributed by atoms with E-state index in [1.807, 2.05) is 0 Å². The molecule has 1 saturated carbocycles. The van der Waals surface area contributed by atoms with Crippen LogP contribution in [0.25, 0.3) is 0 Å². The van der Waals surface area contributed by atoms with E-state index in [4.69, 9.17) is 5.73 Å². The number of piperidine rings is 1. The first-order chi connectivity index (χ1) is 11.2. The summed E-state index contributed by atoms with van der Waals surface area (Å²) < 4.78 is 0. The first-order valence-corrected chi connectivity index (χ1v) is 8.60. The van der Waals surface area contributed by atoms with Gasteiger partial charge in [0.25, 0.3) is 5.91 Å². The van der Waals surface area contributed by atoms with Crippen LogP contribution in [0.1, 0.15) is 49.5 Å². The van der Waals surface area contributed by atoms with E-state index in [1.165, 1.54) is 19.3 Å². The fraction of sp³-hybridized carbons (Fsp3) is 0.688. The highest BCUT2D eigenvalue weighted by Gasteiger charge is 2.31. The number of aromatic nitrogens is 2. The van der Waals surface area contributed by atoms with Crippen molar-refractivity contribution in [2.45, 2.75) is 51.1 Å². The van der Waals surface area contributed by atoms with Gasteiger partial charge in [0.15, 0.2) is 11.5 Å². The van der Waals surface area contributed by atoms with Crippen molar-refractivity contribution in [1.82, 2.24) is 15.3 Å². The monoisotopic (exact) mass is 318 g/mol. The average molecular weight is 318 g/mol. The summed E-state index contributed by atoms with van der Waals surface area (Å²) in [4.78, 5) is 22.8. The Labute approximate surface area is 137 Å². The maximum Gasteiger partial charge on any atom is 0.271 e. The molecule has 0 aromatic carbocycles. The number of nitrogens with zero attached hydrogens (tertiary/aromatic N) is 3. The molecule has 4 N–H and O–H groups in total. The molecule has 1 aliphatic heterocycles. The number of hydrogen-bond donors (Lipinski definition) is 3. The van der Waals surface area contributed by atoms with Gasteiger partial charge in [0, 0.05) is 25.2 Å². The fourth-order valence-corrected chi connectivity index (χ4v) is 3.29. The normalized spacial score (nSPS) is 24.1. The maximum atomic E-state index is 11.7. The number of carbonyl (C=O) groups excluding carboxylic acids is 1. The number of anilines is 2. The van der Waals surface area contributed by atoms with E-state index in [2.05, 4.69) is 32.4 Å². The summed E-state index contributed by atoms with van der Waals surface area (Å²) in [5.41, 5.74) is 5.69. The second-order valence-corrected chi connectivity index (χ2v) is 6.33. The van der Waals surface area contributed by atoms with Gasteiger partial charge in [-0.15, -0.1) is 0 Å². The molecule has 1 aliphatic carbocycles. The molecule has 1 unspecified atom stereocenters. The number of carbonyl (C=O) groups is 1. The summed E-state index contributed by atoms with van der Waals surface area (Å²) in [6.07, 6.45) is 7.47. The van der Waals surface area contributed by atoms with Crippen molar-refractivity contribution in [3.63, 3.8) is 0 Å². The van der Waals surface area contributed by atoms with Gasteiger partial charge < -0.3 is 21.3 Å². The Kier molecular flexibility index (Phi) is 4.95. The molecule has 3 rings (SSSR count). The fourth-order valence-electron chi connectivity index (χ4n) is 3.29. The van der Waals surface area contributed by atoms with Crippen LogP contribution in [0.3, 0.4) is 0 Å². The third-order valence-electron chi connectivity index (χ3n) is 4.74. The van der Waals surface area contributed by atoms with Gasteiger partial charge in [0.05, 0.1) is 6.20 Å². The van der Waals surface area contributed by atoms with Gasteiger partial charge in [-0.3, -0.25) is 4.79 Å². The van der Waals surface area contributed by atoms with Gasteiger partial charge in [-0.05, 0) is 38.6 Å². The van der Waals surface area contributed by atoms with Crippen molar-refractivity contribution in [3.05, 3.63) is 11.9 Å². The number of likely N-dealkylation sites (N-methyl/N-ethyl adjacent to an activating group) is 1. The second kappa shape index (κ2) is 7.12. The van der Waals surface area contributed by atoms with Crippen LogP contribution in [0, 0.1) is 0 Å². The van der Waals surface area contributed by atoms with E-state index in [-0.39, 0.29) is 11.7 Å². The van der Waals surface area contributed by atoms with Crippen molar-refractivity contribution in [2.24, 2.45) is 5.73 Å². The molecule has 1 saturated heterocycles. The maximum absolute atomic E-state index is 11.7. The van der Waals surface area contributed by atoms with Gasteiger partial charge in [-0.2, -0.15) is 0 Å². The average Bonchev–Trinajstić information content (AvgIpc) is 2.57. The summed E-state index contributed by atoms with van der Waals surface area (Å²) in [5, 5.41) is 6.82. The predicted molar refractivity (Wildman–Crippen MR) is 90.7 cm³/mol. The Balaban J connectivity index is 1.79. The van der Waals surface area contributed by atoms with E-state index in [0.29, 0.717) is 11.9 Å². The minimum atomic E-state index is -0.537. The van der Waals surface area contributed by atoms with Crippen molar-refractivity contribution in [2.75, 3.05) is 29.9 Å². The zero-order valence-corrected chi connectivity index (χ0v) is 13.7. The van der Waals surface area contributed by atoms with E-state index in [1.54, 1.807) is 6.20 Å². The summed E-state index contributed by atoms with van der Waals surface area (Å²) in [6, 6.07) is 0.695. The lowest BCUT2D eigenvalue weighted by Gasteiger charge is -2.38. The minimum absolute atomic E-state index is 0.230. The van der Waals surface area contributed by atoms with Crippen LogP contribution in [0.5, 0.6) is 0 Å². The Morgan fingerprint density at radius 2 is 2.04 bits per heavy atom. The highest BCUT2D eigenvalue weighted by atomic mass is 16.1. The third kappa shape index (κ3) is 3.55. The van der Waals surface area contributed by atoms with Crippen LogP contribution < -0.4 is 21.3 Å². The van der Waals surface area contributed by atoms with Crippen LogP contribution in [0.4, 0.5) is 11.6 Å². The lowest BCUT2D eigenvalue weighted by Crippen LogP contribution is -2.52. The van der Waals surface area contributed by atoms with Crippen molar-refractivity contribution in [1.29, 1.82) is 0 Å². The van der Waals surface area contributed by atoms with Crippen LogP contribution in [0.15, 0.2) is 6.20 Å². The van der Waals surface area contributed by atoms with Gasteiger partial charge in [0.2, 0.25) is 0 Å². The Hall–Kier alpha value is -1.89. The largest absolute Gasteiger partial charge is 0.364 e. The van der Waals surface area contributed by atoms with E-state index >= 15 is 0 Å². The van der Waals surface area contributed by atoms with E-state index in [0.717, 1.165) is 38.3 Å². The number of nitrogens with two attached hydrogens (primary N) is 1. The minimum Gasteiger partial charge on any atom is -0.364 e. The zero-order chi connectivity index (χ0) is 16.2. The summed E-state index contributed by atoms with van der Waals surface area (Å²) in [7, 11) is 0. The third-order valence-corrected chi connectivity index (χ3v) is 4.74. The summed E-state index contributed by atoms with van der Waals surface area (Å²) in [5.74, 6) is 0.814. The molecule has 7 nitrogen and oxygen atoms in total. The number of primary amides is 1. The SMILES string of the molecule is CCN[C@@H]1CCC1Nc1nc(N2CCCCC2)cnc1C(N)=O. The highest BCUT2D eigenvalue weighted by Crippen LogP contribution is 2.26. The molecule has 1 aromatic rings. The van der Waals surface area contributed by atoms with Crippen LogP contribution in [-0.4, -0.2) is 47.6 Å². The molecule has 2 fully saturated rings.